The second-order valence-corrected chi connectivity index (χ2v) is 12.4. The van der Waals surface area contributed by atoms with Crippen LogP contribution < -0.4 is 0 Å². The van der Waals surface area contributed by atoms with Gasteiger partial charge in [-0.2, -0.15) is 9.97 Å². The van der Waals surface area contributed by atoms with Gasteiger partial charge in [-0.25, -0.2) is 4.98 Å². The minimum absolute atomic E-state index is 0.569. The number of hydrogen-bond acceptors (Lipinski definition) is 4. The third kappa shape index (κ3) is 4.50. The van der Waals surface area contributed by atoms with E-state index in [1.807, 2.05) is 85.1 Å². The minimum Gasteiger partial charge on any atom is -0.308 e. The normalized spacial score (nSPS) is 11.6. The molecule has 234 valence electrons. The number of nitrogens with zero attached hydrogens (tertiary/aromatic N) is 6. The molecule has 0 fully saturated rings. The number of pyridine rings is 1. The zero-order chi connectivity index (χ0) is 33.0. The SMILES string of the molecule is c1ccc(-c2ccc(-n3c4ccccc4c4cc5c6ccccc6n(-c6nc(-c7ccccc7)nc(-c7ccccc7)n6)c5cc43)cn2)cc1. The van der Waals surface area contributed by atoms with Crippen LogP contribution >= 0.6 is 0 Å². The molecule has 0 amide bonds. The molecular weight excluding hydrogens is 613 g/mol. The van der Waals surface area contributed by atoms with E-state index < -0.39 is 0 Å². The van der Waals surface area contributed by atoms with Crippen LogP contribution in [0.4, 0.5) is 0 Å². The molecule has 0 aliphatic carbocycles. The Labute approximate surface area is 287 Å². The molecule has 10 aromatic rings. The number of hydrogen-bond donors (Lipinski definition) is 0. The van der Waals surface area contributed by atoms with E-state index in [-0.39, 0.29) is 0 Å². The molecule has 50 heavy (non-hydrogen) atoms. The second-order valence-electron chi connectivity index (χ2n) is 12.4. The van der Waals surface area contributed by atoms with Crippen LogP contribution in [-0.4, -0.2) is 29.1 Å². The van der Waals surface area contributed by atoms with E-state index in [4.69, 9.17) is 19.9 Å². The predicted octanol–water partition coefficient (Wildman–Crippen LogP) is 10.5. The lowest BCUT2D eigenvalue weighted by molar-refractivity contribution is 0.953. The lowest BCUT2D eigenvalue weighted by atomic mass is 10.1. The smallest absolute Gasteiger partial charge is 0.238 e. The fourth-order valence-electron chi connectivity index (χ4n) is 7.12. The van der Waals surface area contributed by atoms with Crippen LogP contribution in [0.2, 0.25) is 0 Å². The van der Waals surface area contributed by atoms with Gasteiger partial charge in [0.05, 0.1) is 39.6 Å². The maximum Gasteiger partial charge on any atom is 0.238 e. The molecule has 4 heterocycles. The Kier molecular flexibility index (Phi) is 6.39. The van der Waals surface area contributed by atoms with Gasteiger partial charge in [-0.3, -0.25) is 9.55 Å². The first-order chi connectivity index (χ1) is 24.8. The van der Waals surface area contributed by atoms with Gasteiger partial charge in [0.15, 0.2) is 11.6 Å². The highest BCUT2D eigenvalue weighted by Gasteiger charge is 2.21. The van der Waals surface area contributed by atoms with Gasteiger partial charge < -0.3 is 4.57 Å². The maximum absolute atomic E-state index is 5.14. The van der Waals surface area contributed by atoms with Crippen molar-refractivity contribution in [1.82, 2.24) is 29.1 Å². The van der Waals surface area contributed by atoms with Gasteiger partial charge in [-0.1, -0.05) is 127 Å². The molecule has 6 heteroatoms. The van der Waals surface area contributed by atoms with Gasteiger partial charge in [-0.15, -0.1) is 0 Å². The Bertz CT molecular complexity index is 2780. The van der Waals surface area contributed by atoms with Crippen molar-refractivity contribution in [1.29, 1.82) is 0 Å². The van der Waals surface area contributed by atoms with Gasteiger partial charge in [0.1, 0.15) is 0 Å². The molecule has 4 aromatic heterocycles. The Morgan fingerprint density at radius 2 is 0.860 bits per heavy atom. The summed E-state index contributed by atoms with van der Waals surface area (Å²) in [6, 6.07) is 56.5. The summed E-state index contributed by atoms with van der Waals surface area (Å²) in [5.41, 5.74) is 9.15. The molecule has 0 atom stereocenters. The molecule has 0 aliphatic heterocycles. The monoisotopic (exact) mass is 640 g/mol. The zero-order valence-corrected chi connectivity index (χ0v) is 26.8. The summed E-state index contributed by atoms with van der Waals surface area (Å²) in [7, 11) is 0. The van der Waals surface area contributed by atoms with Crippen molar-refractivity contribution in [3.63, 3.8) is 0 Å². The molecule has 0 saturated heterocycles. The molecule has 0 saturated carbocycles. The highest BCUT2D eigenvalue weighted by atomic mass is 15.2. The summed E-state index contributed by atoms with van der Waals surface area (Å²) >= 11 is 0. The first-order valence-electron chi connectivity index (χ1n) is 16.7. The number of rotatable bonds is 5. The molecule has 0 N–H and O–H groups in total. The van der Waals surface area contributed by atoms with E-state index in [9.17, 15) is 0 Å². The van der Waals surface area contributed by atoms with Crippen molar-refractivity contribution in [2.45, 2.75) is 0 Å². The first kappa shape index (κ1) is 28.1. The van der Waals surface area contributed by atoms with Crippen molar-refractivity contribution in [2.24, 2.45) is 0 Å². The Morgan fingerprint density at radius 1 is 0.360 bits per heavy atom. The van der Waals surface area contributed by atoms with Crippen molar-refractivity contribution < 1.29 is 0 Å². The van der Waals surface area contributed by atoms with Gasteiger partial charge in [-0.05, 0) is 36.4 Å². The topological polar surface area (TPSA) is 61.4 Å². The van der Waals surface area contributed by atoms with Crippen molar-refractivity contribution in [3.05, 3.63) is 170 Å². The Hall–Kier alpha value is -6.92. The average Bonchev–Trinajstić information content (AvgIpc) is 3.70. The van der Waals surface area contributed by atoms with Gasteiger partial charge in [0, 0.05) is 38.2 Å². The van der Waals surface area contributed by atoms with Crippen LogP contribution in [-0.2, 0) is 0 Å². The summed E-state index contributed by atoms with van der Waals surface area (Å²) in [4.78, 5) is 20.1. The van der Waals surface area contributed by atoms with Crippen LogP contribution in [0.1, 0.15) is 0 Å². The summed E-state index contributed by atoms with van der Waals surface area (Å²) in [5.74, 6) is 1.82. The summed E-state index contributed by atoms with van der Waals surface area (Å²) in [5, 5.41) is 4.63. The lowest BCUT2D eigenvalue weighted by Gasteiger charge is -2.11. The molecule has 0 radical (unpaired) electrons. The van der Waals surface area contributed by atoms with Crippen molar-refractivity contribution in [3.8, 4) is 45.7 Å². The zero-order valence-electron chi connectivity index (χ0n) is 26.8. The molecule has 6 aromatic carbocycles. The molecule has 0 aliphatic rings. The van der Waals surface area contributed by atoms with Crippen LogP contribution in [0.25, 0.3) is 89.3 Å². The van der Waals surface area contributed by atoms with Crippen LogP contribution in [0, 0.1) is 0 Å². The quantitative estimate of drug-likeness (QED) is 0.188. The fraction of sp³-hybridized carbons (Fsp3) is 0. The highest BCUT2D eigenvalue weighted by molar-refractivity contribution is 6.19. The number of aromatic nitrogens is 6. The van der Waals surface area contributed by atoms with E-state index in [0.29, 0.717) is 17.6 Å². The average molecular weight is 641 g/mol. The van der Waals surface area contributed by atoms with Crippen LogP contribution in [0.15, 0.2) is 170 Å². The third-order valence-corrected chi connectivity index (χ3v) is 9.43. The van der Waals surface area contributed by atoms with Crippen molar-refractivity contribution >= 4 is 43.6 Å². The van der Waals surface area contributed by atoms with Crippen molar-refractivity contribution in [2.75, 3.05) is 0 Å². The number of benzene rings is 6. The third-order valence-electron chi connectivity index (χ3n) is 9.43. The number of para-hydroxylation sites is 2. The highest BCUT2D eigenvalue weighted by Crippen LogP contribution is 2.39. The van der Waals surface area contributed by atoms with Crippen LogP contribution in [0.3, 0.4) is 0 Å². The van der Waals surface area contributed by atoms with E-state index in [1.54, 1.807) is 0 Å². The predicted molar refractivity (Wildman–Crippen MR) is 203 cm³/mol. The summed E-state index contributed by atoms with van der Waals surface area (Å²) in [6.07, 6.45) is 1.97. The molecule has 0 unspecified atom stereocenters. The maximum atomic E-state index is 5.14. The van der Waals surface area contributed by atoms with E-state index in [1.165, 1.54) is 10.8 Å². The summed E-state index contributed by atoms with van der Waals surface area (Å²) < 4.78 is 4.50. The van der Waals surface area contributed by atoms with E-state index in [2.05, 4.69) is 94.1 Å². The molecule has 6 nitrogen and oxygen atoms in total. The van der Waals surface area contributed by atoms with Gasteiger partial charge in [0.25, 0.3) is 0 Å². The first-order valence-corrected chi connectivity index (χ1v) is 16.7. The van der Waals surface area contributed by atoms with Gasteiger partial charge >= 0.3 is 0 Å². The second kappa shape index (κ2) is 11.4. The summed E-state index contributed by atoms with van der Waals surface area (Å²) in [6.45, 7) is 0. The Balaban J connectivity index is 1.26. The molecule has 0 spiro atoms. The Morgan fingerprint density at radius 3 is 1.42 bits per heavy atom. The molecule has 10 rings (SSSR count). The van der Waals surface area contributed by atoms with Crippen LogP contribution in [0.5, 0.6) is 0 Å². The lowest BCUT2D eigenvalue weighted by Crippen LogP contribution is -2.06. The number of fused-ring (bicyclic) bond motifs is 6. The van der Waals surface area contributed by atoms with Gasteiger partial charge in [0.2, 0.25) is 5.95 Å². The largest absolute Gasteiger partial charge is 0.308 e. The molecular formula is C44H28N6. The standard InChI is InChI=1S/C44H28N6/c1-4-14-29(15-5-1)37-25-24-32(28-45-37)49-38-22-12-10-20-33(38)35-26-36-34-21-11-13-23-39(34)50(41(36)27-40(35)49)44-47-42(30-16-6-2-7-17-30)46-43(48-44)31-18-8-3-9-19-31/h1-28H. The fourth-order valence-corrected chi connectivity index (χ4v) is 7.12. The van der Waals surface area contributed by atoms with E-state index >= 15 is 0 Å². The van der Waals surface area contributed by atoms with E-state index in [0.717, 1.165) is 60.9 Å². The molecule has 0 bridgehead atoms. The minimum atomic E-state index is 0.569.